The molecule has 3 aromatic rings. The Morgan fingerprint density at radius 3 is 2.19 bits per heavy atom. The molecular weight excluding hydrogens is 337 g/mol. The standard InChI is InChI=1S/C22H17F3O/c1-14-3-7-17(22(25)21(14)24)10-6-15-4-8-16(9-5-15)19-12-11-18(26-2)13-20(19)23/h3-13H,1-2H3/b10-6+. The van der Waals surface area contributed by atoms with Crippen LogP contribution in [0.25, 0.3) is 23.3 Å². The van der Waals surface area contributed by atoms with E-state index in [9.17, 15) is 13.2 Å². The molecule has 0 N–H and O–H groups in total. The third kappa shape index (κ3) is 3.64. The number of methoxy groups -OCH3 is 1. The van der Waals surface area contributed by atoms with Crippen molar-refractivity contribution in [2.24, 2.45) is 0 Å². The maximum absolute atomic E-state index is 14.1. The molecule has 1 nitrogen and oxygen atoms in total. The first-order valence-corrected chi connectivity index (χ1v) is 8.06. The topological polar surface area (TPSA) is 9.23 Å². The van der Waals surface area contributed by atoms with Crippen molar-refractivity contribution in [1.82, 2.24) is 0 Å². The van der Waals surface area contributed by atoms with Gasteiger partial charge < -0.3 is 4.74 Å². The molecule has 0 amide bonds. The monoisotopic (exact) mass is 354 g/mol. The molecule has 0 spiro atoms. The Morgan fingerprint density at radius 1 is 0.808 bits per heavy atom. The molecule has 0 aliphatic heterocycles. The van der Waals surface area contributed by atoms with Crippen LogP contribution in [0.1, 0.15) is 16.7 Å². The number of rotatable bonds is 4. The van der Waals surface area contributed by atoms with Crippen molar-refractivity contribution in [3.8, 4) is 16.9 Å². The molecule has 0 aliphatic rings. The van der Waals surface area contributed by atoms with E-state index in [4.69, 9.17) is 4.74 Å². The molecule has 0 aromatic heterocycles. The summed E-state index contributed by atoms with van der Waals surface area (Å²) in [5.41, 5.74) is 2.43. The van der Waals surface area contributed by atoms with Gasteiger partial charge in [-0.2, -0.15) is 0 Å². The van der Waals surface area contributed by atoms with Gasteiger partial charge in [-0.25, -0.2) is 13.2 Å². The van der Waals surface area contributed by atoms with E-state index in [1.54, 1.807) is 42.5 Å². The van der Waals surface area contributed by atoms with E-state index in [0.29, 0.717) is 11.3 Å². The lowest BCUT2D eigenvalue weighted by molar-refractivity contribution is 0.411. The van der Waals surface area contributed by atoms with Crippen molar-refractivity contribution in [1.29, 1.82) is 0 Å². The van der Waals surface area contributed by atoms with Crippen LogP contribution in [-0.4, -0.2) is 7.11 Å². The summed E-state index contributed by atoms with van der Waals surface area (Å²) >= 11 is 0. The van der Waals surface area contributed by atoms with E-state index in [2.05, 4.69) is 0 Å². The summed E-state index contributed by atoms with van der Waals surface area (Å²) in [5.74, 6) is -1.61. The second kappa shape index (κ2) is 7.48. The maximum Gasteiger partial charge on any atom is 0.166 e. The summed E-state index contributed by atoms with van der Waals surface area (Å²) < 4.78 is 46.6. The SMILES string of the molecule is COc1ccc(-c2ccc(/C=C/c3ccc(C)c(F)c3F)cc2)c(F)c1. The smallest absolute Gasteiger partial charge is 0.166 e. The number of ether oxygens (including phenoxy) is 1. The van der Waals surface area contributed by atoms with E-state index >= 15 is 0 Å². The first-order chi connectivity index (χ1) is 12.5. The van der Waals surface area contributed by atoms with Gasteiger partial charge in [-0.1, -0.05) is 48.6 Å². The van der Waals surface area contributed by atoms with Gasteiger partial charge in [-0.05, 0) is 35.7 Å². The van der Waals surface area contributed by atoms with E-state index in [1.165, 1.54) is 38.3 Å². The highest BCUT2D eigenvalue weighted by molar-refractivity contribution is 5.72. The summed E-state index contributed by atoms with van der Waals surface area (Å²) in [7, 11) is 1.48. The van der Waals surface area contributed by atoms with Crippen LogP contribution in [0.5, 0.6) is 5.75 Å². The van der Waals surface area contributed by atoms with Crippen molar-refractivity contribution >= 4 is 12.2 Å². The van der Waals surface area contributed by atoms with Gasteiger partial charge in [0.2, 0.25) is 0 Å². The summed E-state index contributed by atoms with van der Waals surface area (Å²) in [6.45, 7) is 1.52. The quantitative estimate of drug-likeness (QED) is 0.503. The van der Waals surface area contributed by atoms with E-state index in [0.717, 1.165) is 11.1 Å². The molecule has 4 heteroatoms. The van der Waals surface area contributed by atoms with Crippen LogP contribution in [0.3, 0.4) is 0 Å². The Bertz CT molecular complexity index is 960. The highest BCUT2D eigenvalue weighted by Crippen LogP contribution is 2.27. The van der Waals surface area contributed by atoms with Crippen molar-refractivity contribution in [2.45, 2.75) is 6.92 Å². The molecule has 0 unspecified atom stereocenters. The lowest BCUT2D eigenvalue weighted by Crippen LogP contribution is -1.92. The van der Waals surface area contributed by atoms with Crippen LogP contribution in [0.15, 0.2) is 54.6 Å². The largest absolute Gasteiger partial charge is 0.497 e. The van der Waals surface area contributed by atoms with Crippen LogP contribution < -0.4 is 4.74 Å². The predicted octanol–water partition coefficient (Wildman–Crippen LogP) is 6.26. The molecule has 3 rings (SSSR count). The fourth-order valence-electron chi connectivity index (χ4n) is 2.61. The second-order valence-electron chi connectivity index (χ2n) is 5.90. The molecule has 0 heterocycles. The Balaban J connectivity index is 1.83. The highest BCUT2D eigenvalue weighted by Gasteiger charge is 2.09. The third-order valence-corrected chi connectivity index (χ3v) is 4.16. The lowest BCUT2D eigenvalue weighted by Gasteiger charge is -2.06. The van der Waals surface area contributed by atoms with Gasteiger partial charge in [-0.3, -0.25) is 0 Å². The zero-order valence-electron chi connectivity index (χ0n) is 14.4. The molecule has 132 valence electrons. The fourth-order valence-corrected chi connectivity index (χ4v) is 2.61. The molecule has 0 bridgehead atoms. The van der Waals surface area contributed by atoms with Gasteiger partial charge in [-0.15, -0.1) is 0 Å². The van der Waals surface area contributed by atoms with Crippen molar-refractivity contribution in [3.05, 3.63) is 88.7 Å². The molecule has 0 atom stereocenters. The van der Waals surface area contributed by atoms with Crippen LogP contribution in [-0.2, 0) is 0 Å². The molecular formula is C22H17F3O. The number of hydrogen-bond donors (Lipinski definition) is 0. The summed E-state index contributed by atoms with van der Waals surface area (Å²) in [5, 5.41) is 0. The number of hydrogen-bond acceptors (Lipinski definition) is 1. The van der Waals surface area contributed by atoms with E-state index in [1.807, 2.05) is 0 Å². The first-order valence-electron chi connectivity index (χ1n) is 8.06. The van der Waals surface area contributed by atoms with Gasteiger partial charge >= 0.3 is 0 Å². The van der Waals surface area contributed by atoms with Gasteiger partial charge in [0.15, 0.2) is 11.6 Å². The zero-order chi connectivity index (χ0) is 18.7. The van der Waals surface area contributed by atoms with Gasteiger partial charge in [0.25, 0.3) is 0 Å². The van der Waals surface area contributed by atoms with E-state index < -0.39 is 11.6 Å². The lowest BCUT2D eigenvalue weighted by atomic mass is 10.0. The molecule has 26 heavy (non-hydrogen) atoms. The first kappa shape index (κ1) is 17.8. The minimum Gasteiger partial charge on any atom is -0.497 e. The molecule has 0 aliphatic carbocycles. The second-order valence-corrected chi connectivity index (χ2v) is 5.90. The van der Waals surface area contributed by atoms with Crippen molar-refractivity contribution in [2.75, 3.05) is 7.11 Å². The molecule has 0 saturated heterocycles. The normalized spacial score (nSPS) is 11.1. The van der Waals surface area contributed by atoms with Gasteiger partial charge in [0.1, 0.15) is 11.6 Å². The average Bonchev–Trinajstić information content (AvgIpc) is 2.66. The van der Waals surface area contributed by atoms with Crippen LogP contribution in [0, 0.1) is 24.4 Å². The predicted molar refractivity (Wildman–Crippen MR) is 98.4 cm³/mol. The minimum atomic E-state index is -0.863. The Labute approximate surface area is 150 Å². The Hall–Kier alpha value is -3.01. The third-order valence-electron chi connectivity index (χ3n) is 4.16. The number of halogens is 3. The van der Waals surface area contributed by atoms with Crippen LogP contribution >= 0.6 is 0 Å². The average molecular weight is 354 g/mol. The van der Waals surface area contributed by atoms with E-state index in [-0.39, 0.29) is 16.9 Å². The molecule has 0 fully saturated rings. The molecule has 0 radical (unpaired) electrons. The number of benzene rings is 3. The maximum atomic E-state index is 14.1. The van der Waals surface area contributed by atoms with Crippen molar-refractivity contribution in [3.63, 3.8) is 0 Å². The zero-order valence-corrected chi connectivity index (χ0v) is 14.4. The van der Waals surface area contributed by atoms with Crippen LogP contribution in [0.2, 0.25) is 0 Å². The van der Waals surface area contributed by atoms with Gasteiger partial charge in [0, 0.05) is 17.2 Å². The summed E-state index contributed by atoms with van der Waals surface area (Å²) in [6.07, 6.45) is 3.20. The fraction of sp³-hybridized carbons (Fsp3) is 0.0909. The summed E-state index contributed by atoms with van der Waals surface area (Å²) in [4.78, 5) is 0. The van der Waals surface area contributed by atoms with Crippen LogP contribution in [0.4, 0.5) is 13.2 Å². The molecule has 3 aromatic carbocycles. The van der Waals surface area contributed by atoms with Gasteiger partial charge in [0.05, 0.1) is 7.11 Å². The number of aryl methyl sites for hydroxylation is 1. The molecule has 0 saturated carbocycles. The highest BCUT2D eigenvalue weighted by atomic mass is 19.2. The summed E-state index contributed by atoms with van der Waals surface area (Å²) in [6, 6.07) is 14.9. The minimum absolute atomic E-state index is 0.179. The Morgan fingerprint density at radius 2 is 1.54 bits per heavy atom. The van der Waals surface area contributed by atoms with Crippen molar-refractivity contribution < 1.29 is 17.9 Å². The Kier molecular flexibility index (Phi) is 5.12.